The number of rotatable bonds is 2. The Hall–Kier alpha value is -0.960. The van der Waals surface area contributed by atoms with Crippen molar-refractivity contribution in [2.24, 2.45) is 5.73 Å². The van der Waals surface area contributed by atoms with Gasteiger partial charge in [-0.15, -0.1) is 0 Å². The van der Waals surface area contributed by atoms with E-state index >= 15 is 0 Å². The average Bonchev–Trinajstić information content (AvgIpc) is 2.18. The van der Waals surface area contributed by atoms with Gasteiger partial charge >= 0.3 is 0 Å². The Bertz CT molecular complexity index is 404. The lowest BCUT2D eigenvalue weighted by molar-refractivity contribution is -0.123. The van der Waals surface area contributed by atoms with Gasteiger partial charge in [-0.05, 0) is 30.5 Å². The third-order valence-electron chi connectivity index (χ3n) is 3.76. The van der Waals surface area contributed by atoms with Crippen LogP contribution < -0.4 is 5.73 Å². The van der Waals surface area contributed by atoms with Gasteiger partial charge in [0.1, 0.15) is 0 Å². The molecule has 16 heavy (non-hydrogen) atoms. The predicted octanol–water partition coefficient (Wildman–Crippen LogP) is 2.93. The SMILES string of the molecule is Cc1cccc(C2(CN)CC(F)(F)C2)c1C. The molecule has 0 heterocycles. The van der Waals surface area contributed by atoms with Crippen molar-refractivity contribution < 1.29 is 8.78 Å². The van der Waals surface area contributed by atoms with E-state index in [9.17, 15) is 8.78 Å². The van der Waals surface area contributed by atoms with Crippen LogP contribution in [0.3, 0.4) is 0 Å². The monoisotopic (exact) mass is 225 g/mol. The van der Waals surface area contributed by atoms with Crippen molar-refractivity contribution in [3.63, 3.8) is 0 Å². The Morgan fingerprint density at radius 3 is 2.38 bits per heavy atom. The van der Waals surface area contributed by atoms with Gasteiger partial charge in [-0.3, -0.25) is 0 Å². The number of halogens is 2. The van der Waals surface area contributed by atoms with Crippen LogP contribution in [-0.4, -0.2) is 12.5 Å². The second kappa shape index (κ2) is 3.52. The van der Waals surface area contributed by atoms with Gasteiger partial charge in [0.25, 0.3) is 0 Å². The number of nitrogens with two attached hydrogens (primary N) is 1. The summed E-state index contributed by atoms with van der Waals surface area (Å²) in [5.74, 6) is -2.53. The fraction of sp³-hybridized carbons (Fsp3) is 0.538. The van der Waals surface area contributed by atoms with E-state index in [1.807, 2.05) is 32.0 Å². The highest BCUT2D eigenvalue weighted by atomic mass is 19.3. The van der Waals surface area contributed by atoms with Crippen LogP contribution in [0.4, 0.5) is 8.78 Å². The standard InChI is InChI=1S/C13H17F2N/c1-9-4-3-5-11(10(9)2)12(8-16)6-13(14,15)7-12/h3-5H,6-8,16H2,1-2H3. The van der Waals surface area contributed by atoms with E-state index in [1.165, 1.54) is 0 Å². The molecule has 3 heteroatoms. The van der Waals surface area contributed by atoms with E-state index in [0.717, 1.165) is 16.7 Å². The molecule has 2 rings (SSSR count). The van der Waals surface area contributed by atoms with E-state index in [4.69, 9.17) is 5.73 Å². The van der Waals surface area contributed by atoms with Gasteiger partial charge in [-0.25, -0.2) is 8.78 Å². The highest BCUT2D eigenvalue weighted by Crippen LogP contribution is 2.53. The molecule has 0 aliphatic heterocycles. The maximum absolute atomic E-state index is 13.1. The minimum Gasteiger partial charge on any atom is -0.330 e. The first-order valence-electron chi connectivity index (χ1n) is 5.55. The zero-order valence-electron chi connectivity index (χ0n) is 9.69. The molecule has 1 saturated carbocycles. The Morgan fingerprint density at radius 2 is 1.88 bits per heavy atom. The number of aryl methyl sites for hydroxylation is 1. The van der Waals surface area contributed by atoms with E-state index in [-0.39, 0.29) is 12.8 Å². The predicted molar refractivity (Wildman–Crippen MR) is 60.8 cm³/mol. The molecular weight excluding hydrogens is 208 g/mol. The molecular formula is C13H17F2N. The second-order valence-electron chi connectivity index (χ2n) is 4.94. The summed E-state index contributed by atoms with van der Waals surface area (Å²) < 4.78 is 26.2. The first-order valence-corrected chi connectivity index (χ1v) is 5.55. The quantitative estimate of drug-likeness (QED) is 0.822. The Morgan fingerprint density at radius 1 is 1.25 bits per heavy atom. The molecule has 1 fully saturated rings. The molecule has 2 N–H and O–H groups in total. The maximum atomic E-state index is 13.1. The van der Waals surface area contributed by atoms with Crippen LogP contribution in [0.5, 0.6) is 0 Å². The Balaban J connectivity index is 2.40. The summed E-state index contributed by atoms with van der Waals surface area (Å²) in [6, 6.07) is 5.86. The van der Waals surface area contributed by atoms with Crippen molar-refractivity contribution in [3.8, 4) is 0 Å². The number of hydrogen-bond acceptors (Lipinski definition) is 1. The van der Waals surface area contributed by atoms with Crippen LogP contribution in [0.25, 0.3) is 0 Å². The second-order valence-corrected chi connectivity index (χ2v) is 4.94. The molecule has 0 amide bonds. The van der Waals surface area contributed by atoms with Gasteiger partial charge in [0.2, 0.25) is 5.92 Å². The van der Waals surface area contributed by atoms with Crippen LogP contribution in [0.15, 0.2) is 18.2 Å². The van der Waals surface area contributed by atoms with Crippen LogP contribution in [0.2, 0.25) is 0 Å². The summed E-state index contributed by atoms with van der Waals surface area (Å²) >= 11 is 0. The van der Waals surface area contributed by atoms with Crippen molar-refractivity contribution in [1.82, 2.24) is 0 Å². The minimum atomic E-state index is -2.53. The van der Waals surface area contributed by atoms with Crippen LogP contribution in [0, 0.1) is 13.8 Å². The van der Waals surface area contributed by atoms with Crippen molar-refractivity contribution in [2.45, 2.75) is 38.0 Å². The molecule has 1 aliphatic rings. The lowest BCUT2D eigenvalue weighted by atomic mass is 9.61. The van der Waals surface area contributed by atoms with Gasteiger partial charge in [0.05, 0.1) is 0 Å². The van der Waals surface area contributed by atoms with Crippen LogP contribution in [0.1, 0.15) is 29.5 Å². The molecule has 1 aromatic carbocycles. The van der Waals surface area contributed by atoms with Crippen molar-refractivity contribution in [3.05, 3.63) is 34.9 Å². The molecule has 1 aliphatic carbocycles. The molecule has 0 bridgehead atoms. The topological polar surface area (TPSA) is 26.0 Å². The smallest absolute Gasteiger partial charge is 0.250 e. The van der Waals surface area contributed by atoms with E-state index in [0.29, 0.717) is 6.54 Å². The maximum Gasteiger partial charge on any atom is 0.250 e. The zero-order chi connectivity index (χ0) is 12.0. The lowest BCUT2D eigenvalue weighted by Crippen LogP contribution is -2.54. The number of hydrogen-bond donors (Lipinski definition) is 1. The van der Waals surface area contributed by atoms with E-state index < -0.39 is 11.3 Å². The van der Waals surface area contributed by atoms with Crippen molar-refractivity contribution in [2.75, 3.05) is 6.54 Å². The van der Waals surface area contributed by atoms with Gasteiger partial charge in [0, 0.05) is 24.8 Å². The van der Waals surface area contributed by atoms with E-state index in [1.54, 1.807) is 0 Å². The molecule has 0 spiro atoms. The Labute approximate surface area is 94.7 Å². The average molecular weight is 225 g/mol. The van der Waals surface area contributed by atoms with Gasteiger partial charge < -0.3 is 5.73 Å². The summed E-state index contributed by atoms with van der Waals surface area (Å²) in [4.78, 5) is 0. The molecule has 1 nitrogen and oxygen atoms in total. The highest BCUT2D eigenvalue weighted by molar-refractivity contribution is 5.41. The largest absolute Gasteiger partial charge is 0.330 e. The number of alkyl halides is 2. The lowest BCUT2D eigenvalue weighted by Gasteiger charge is -2.48. The first kappa shape index (κ1) is 11.5. The third-order valence-corrected chi connectivity index (χ3v) is 3.76. The molecule has 0 aromatic heterocycles. The molecule has 0 unspecified atom stereocenters. The fourth-order valence-corrected chi connectivity index (χ4v) is 2.71. The molecule has 1 aromatic rings. The Kier molecular flexibility index (Phi) is 2.54. The van der Waals surface area contributed by atoms with Crippen molar-refractivity contribution >= 4 is 0 Å². The molecule has 0 atom stereocenters. The van der Waals surface area contributed by atoms with E-state index in [2.05, 4.69) is 0 Å². The summed E-state index contributed by atoms with van der Waals surface area (Å²) in [5.41, 5.74) is 8.45. The zero-order valence-corrected chi connectivity index (χ0v) is 9.69. The van der Waals surface area contributed by atoms with Gasteiger partial charge in [0.15, 0.2) is 0 Å². The first-order chi connectivity index (χ1) is 7.40. The summed E-state index contributed by atoms with van der Waals surface area (Å²) in [6.07, 6.45) is -0.221. The van der Waals surface area contributed by atoms with Gasteiger partial charge in [-0.1, -0.05) is 18.2 Å². The third kappa shape index (κ3) is 1.63. The molecule has 0 radical (unpaired) electrons. The normalized spacial score (nSPS) is 21.6. The molecule has 88 valence electrons. The van der Waals surface area contributed by atoms with Crippen molar-refractivity contribution in [1.29, 1.82) is 0 Å². The van der Waals surface area contributed by atoms with Crippen LogP contribution >= 0.6 is 0 Å². The summed E-state index contributed by atoms with van der Waals surface area (Å²) in [5, 5.41) is 0. The highest BCUT2D eigenvalue weighted by Gasteiger charge is 2.56. The van der Waals surface area contributed by atoms with Crippen LogP contribution in [-0.2, 0) is 5.41 Å². The summed E-state index contributed by atoms with van der Waals surface area (Å²) in [7, 11) is 0. The fourth-order valence-electron chi connectivity index (χ4n) is 2.71. The minimum absolute atomic E-state index is 0.110. The van der Waals surface area contributed by atoms with Gasteiger partial charge in [-0.2, -0.15) is 0 Å². The molecule has 0 saturated heterocycles. The summed E-state index contributed by atoms with van der Waals surface area (Å²) in [6.45, 7) is 4.28. The number of benzene rings is 1.